The van der Waals surface area contributed by atoms with E-state index in [2.05, 4.69) is 15.9 Å². The summed E-state index contributed by atoms with van der Waals surface area (Å²) >= 11 is 4.78. The summed E-state index contributed by atoms with van der Waals surface area (Å²) < 4.78 is 40.6. The van der Waals surface area contributed by atoms with Gasteiger partial charge < -0.3 is 5.73 Å². The Kier molecular flexibility index (Phi) is 5.15. The second-order valence-electron chi connectivity index (χ2n) is 4.45. The van der Waals surface area contributed by atoms with Crippen LogP contribution in [0.4, 0.5) is 4.39 Å². The van der Waals surface area contributed by atoms with E-state index in [1.165, 1.54) is 34.8 Å². The summed E-state index contributed by atoms with van der Waals surface area (Å²) in [5, 5.41) is 1.88. The smallest absolute Gasteiger partial charge is 0.243 e. The van der Waals surface area contributed by atoms with Gasteiger partial charge in [0, 0.05) is 34.9 Å². The normalized spacial score (nSPS) is 12.0. The molecule has 0 saturated carbocycles. The molecule has 4 nitrogen and oxygen atoms in total. The van der Waals surface area contributed by atoms with Crippen LogP contribution in [0.5, 0.6) is 0 Å². The number of rotatable bonds is 5. The summed E-state index contributed by atoms with van der Waals surface area (Å²) in [5.74, 6) is -0.599. The van der Waals surface area contributed by atoms with Crippen LogP contribution in [-0.4, -0.2) is 19.8 Å². The molecule has 0 spiro atoms. The SMILES string of the molecule is CN(Cc1cc(Br)cs1)S(=O)(=O)c1cc(F)ccc1CN. The fourth-order valence-corrected chi connectivity index (χ4v) is 4.82. The Balaban J connectivity index is 2.35. The Morgan fingerprint density at radius 2 is 2.10 bits per heavy atom. The van der Waals surface area contributed by atoms with Crippen molar-refractivity contribution in [3.63, 3.8) is 0 Å². The molecule has 0 amide bonds. The lowest BCUT2D eigenvalue weighted by Crippen LogP contribution is -2.27. The van der Waals surface area contributed by atoms with Crippen LogP contribution in [-0.2, 0) is 23.1 Å². The number of sulfonamides is 1. The molecule has 2 N–H and O–H groups in total. The summed E-state index contributed by atoms with van der Waals surface area (Å²) in [4.78, 5) is 0.807. The first-order chi connectivity index (χ1) is 9.84. The lowest BCUT2D eigenvalue weighted by atomic mass is 10.2. The van der Waals surface area contributed by atoms with Crippen molar-refractivity contribution in [2.75, 3.05) is 7.05 Å². The van der Waals surface area contributed by atoms with Gasteiger partial charge in [0.05, 0.1) is 4.90 Å². The molecule has 2 rings (SSSR count). The maximum atomic E-state index is 13.4. The minimum Gasteiger partial charge on any atom is -0.326 e. The van der Waals surface area contributed by atoms with Crippen molar-refractivity contribution in [3.8, 4) is 0 Å². The number of nitrogens with two attached hydrogens (primary N) is 1. The third-order valence-electron chi connectivity index (χ3n) is 2.94. The van der Waals surface area contributed by atoms with Crippen molar-refractivity contribution in [2.24, 2.45) is 5.73 Å². The molecule has 2 aromatic rings. The molecule has 1 aromatic carbocycles. The molecule has 21 heavy (non-hydrogen) atoms. The number of nitrogens with zero attached hydrogens (tertiary/aromatic N) is 1. The van der Waals surface area contributed by atoms with Crippen LogP contribution in [0, 0.1) is 5.82 Å². The predicted molar refractivity (Wildman–Crippen MR) is 85.0 cm³/mol. The first-order valence-corrected chi connectivity index (χ1v) is 9.13. The van der Waals surface area contributed by atoms with Gasteiger partial charge in [-0.1, -0.05) is 6.07 Å². The zero-order valence-electron chi connectivity index (χ0n) is 11.2. The molecule has 0 radical (unpaired) electrons. The van der Waals surface area contributed by atoms with Crippen molar-refractivity contribution >= 4 is 37.3 Å². The molecule has 0 aliphatic heterocycles. The minimum absolute atomic E-state index is 0.0350. The van der Waals surface area contributed by atoms with E-state index in [0.29, 0.717) is 5.56 Å². The highest BCUT2D eigenvalue weighted by Crippen LogP contribution is 2.25. The molecule has 0 aliphatic carbocycles. The highest BCUT2D eigenvalue weighted by atomic mass is 79.9. The maximum absolute atomic E-state index is 13.4. The van der Waals surface area contributed by atoms with Gasteiger partial charge in [0.1, 0.15) is 5.82 Å². The molecule has 0 unspecified atom stereocenters. The quantitative estimate of drug-likeness (QED) is 0.850. The van der Waals surface area contributed by atoms with Gasteiger partial charge >= 0.3 is 0 Å². The summed E-state index contributed by atoms with van der Waals surface area (Å²) in [6, 6.07) is 5.47. The Morgan fingerprint density at radius 3 is 2.67 bits per heavy atom. The molecule has 8 heteroatoms. The Morgan fingerprint density at radius 1 is 1.38 bits per heavy atom. The third-order valence-corrected chi connectivity index (χ3v) is 6.51. The van der Waals surface area contributed by atoms with Crippen LogP contribution >= 0.6 is 27.3 Å². The average Bonchev–Trinajstić information content (AvgIpc) is 2.84. The van der Waals surface area contributed by atoms with Gasteiger partial charge in [0.25, 0.3) is 0 Å². The lowest BCUT2D eigenvalue weighted by Gasteiger charge is -2.18. The zero-order valence-corrected chi connectivity index (χ0v) is 14.4. The number of halogens is 2. The summed E-state index contributed by atoms with van der Waals surface area (Å²) in [6.45, 7) is 0.256. The van der Waals surface area contributed by atoms with Crippen LogP contribution in [0.25, 0.3) is 0 Å². The molecular formula is C13H14BrFN2O2S2. The minimum atomic E-state index is -3.79. The van der Waals surface area contributed by atoms with Gasteiger partial charge in [-0.25, -0.2) is 12.8 Å². The molecule has 0 saturated heterocycles. The first kappa shape index (κ1) is 16.6. The highest BCUT2D eigenvalue weighted by molar-refractivity contribution is 9.10. The summed E-state index contributed by atoms with van der Waals surface area (Å²) in [6.07, 6.45) is 0. The van der Waals surface area contributed by atoms with Crippen molar-refractivity contribution in [3.05, 3.63) is 50.4 Å². The van der Waals surface area contributed by atoms with Crippen molar-refractivity contribution in [2.45, 2.75) is 18.0 Å². The number of hydrogen-bond donors (Lipinski definition) is 1. The number of hydrogen-bond acceptors (Lipinski definition) is 4. The molecule has 1 aromatic heterocycles. The summed E-state index contributed by atoms with van der Waals surface area (Å²) in [5.41, 5.74) is 5.94. The number of benzene rings is 1. The zero-order chi connectivity index (χ0) is 15.6. The Bertz CT molecular complexity index is 746. The molecule has 1 heterocycles. The Hall–Kier alpha value is -0.800. The molecular weight excluding hydrogens is 379 g/mol. The molecule has 0 atom stereocenters. The maximum Gasteiger partial charge on any atom is 0.243 e. The summed E-state index contributed by atoms with van der Waals surface area (Å²) in [7, 11) is -2.32. The van der Waals surface area contributed by atoms with Gasteiger partial charge in [-0.15, -0.1) is 11.3 Å². The van der Waals surface area contributed by atoms with E-state index < -0.39 is 15.8 Å². The van der Waals surface area contributed by atoms with E-state index >= 15 is 0 Å². The van der Waals surface area contributed by atoms with Crippen molar-refractivity contribution < 1.29 is 12.8 Å². The molecule has 0 bridgehead atoms. The topological polar surface area (TPSA) is 63.4 Å². The van der Waals surface area contributed by atoms with Crippen molar-refractivity contribution in [1.82, 2.24) is 4.31 Å². The van der Waals surface area contributed by atoms with Crippen molar-refractivity contribution in [1.29, 1.82) is 0 Å². The van der Waals surface area contributed by atoms with Gasteiger partial charge in [0.2, 0.25) is 10.0 Å². The van der Waals surface area contributed by atoms with Gasteiger partial charge in [-0.2, -0.15) is 4.31 Å². The van der Waals surface area contributed by atoms with Crippen LogP contribution in [0.1, 0.15) is 10.4 Å². The number of thiophene rings is 1. The lowest BCUT2D eigenvalue weighted by molar-refractivity contribution is 0.468. The second kappa shape index (κ2) is 6.53. The van der Waals surface area contributed by atoms with Crippen LogP contribution < -0.4 is 5.73 Å². The predicted octanol–water partition coefficient (Wildman–Crippen LogP) is 2.93. The van der Waals surface area contributed by atoms with Gasteiger partial charge in [-0.3, -0.25) is 0 Å². The van der Waals surface area contributed by atoms with E-state index in [-0.39, 0.29) is 18.0 Å². The van der Waals surface area contributed by atoms with Crippen LogP contribution in [0.3, 0.4) is 0 Å². The second-order valence-corrected chi connectivity index (χ2v) is 8.37. The van der Waals surface area contributed by atoms with E-state index in [9.17, 15) is 12.8 Å². The third kappa shape index (κ3) is 3.70. The standard InChI is InChI=1S/C13H14BrFN2O2S2/c1-17(7-12-4-10(14)8-20-12)21(18,19)13-5-11(15)3-2-9(13)6-16/h2-5,8H,6-7,16H2,1H3. The van der Waals surface area contributed by atoms with Crippen LogP contribution in [0.2, 0.25) is 0 Å². The van der Waals surface area contributed by atoms with E-state index in [0.717, 1.165) is 15.4 Å². The van der Waals surface area contributed by atoms with E-state index in [4.69, 9.17) is 5.73 Å². The Labute approximate surface area is 135 Å². The first-order valence-electron chi connectivity index (χ1n) is 6.02. The largest absolute Gasteiger partial charge is 0.326 e. The van der Waals surface area contributed by atoms with E-state index in [1.54, 1.807) is 0 Å². The highest BCUT2D eigenvalue weighted by Gasteiger charge is 2.24. The van der Waals surface area contributed by atoms with Gasteiger partial charge in [-0.05, 0) is 39.7 Å². The monoisotopic (exact) mass is 392 g/mol. The molecule has 0 fully saturated rings. The molecule has 114 valence electrons. The van der Waals surface area contributed by atoms with E-state index in [1.807, 2.05) is 11.4 Å². The van der Waals surface area contributed by atoms with Crippen LogP contribution in [0.15, 0.2) is 39.0 Å². The average molecular weight is 393 g/mol. The fourth-order valence-electron chi connectivity index (χ4n) is 1.85. The van der Waals surface area contributed by atoms with Gasteiger partial charge in [0.15, 0.2) is 0 Å². The molecule has 0 aliphatic rings. The fraction of sp³-hybridized carbons (Fsp3) is 0.231.